The third-order valence-electron chi connectivity index (χ3n) is 4.83. The van der Waals surface area contributed by atoms with Crippen LogP contribution in [0.3, 0.4) is 0 Å². The van der Waals surface area contributed by atoms with Crippen LogP contribution in [-0.4, -0.2) is 40.8 Å². The van der Waals surface area contributed by atoms with Gasteiger partial charge in [0.05, 0.1) is 18.8 Å². The van der Waals surface area contributed by atoms with E-state index in [1.54, 1.807) is 26.8 Å². The first-order valence-electron chi connectivity index (χ1n) is 10.8. The van der Waals surface area contributed by atoms with Gasteiger partial charge in [-0.3, -0.25) is 4.79 Å². The van der Waals surface area contributed by atoms with E-state index < -0.39 is 35.7 Å². The summed E-state index contributed by atoms with van der Waals surface area (Å²) in [5.74, 6) is -1.46. The maximum atomic E-state index is 12.2. The Morgan fingerprint density at radius 1 is 1.12 bits per heavy atom. The third-order valence-corrected chi connectivity index (χ3v) is 4.83. The number of ether oxygens (including phenoxy) is 2. The summed E-state index contributed by atoms with van der Waals surface area (Å²) in [6.07, 6.45) is 2.08. The van der Waals surface area contributed by atoms with Crippen LogP contribution in [0.5, 0.6) is 0 Å². The number of alkyl carbamates (subject to hydrolysis) is 1. The smallest absolute Gasteiger partial charge is 0.407 e. The Bertz CT molecular complexity index is 1030. The molecule has 0 aliphatic carbocycles. The van der Waals surface area contributed by atoms with Gasteiger partial charge in [-0.2, -0.15) is 0 Å². The first-order valence-corrected chi connectivity index (χ1v) is 10.8. The Balaban J connectivity index is 2.08. The van der Waals surface area contributed by atoms with Crippen LogP contribution in [0.25, 0.3) is 16.8 Å². The molecular weight excluding hydrogens is 424 g/mol. The Labute approximate surface area is 193 Å². The van der Waals surface area contributed by atoms with E-state index in [-0.39, 0.29) is 13.0 Å². The number of carboxylic acid groups (broad SMARTS) is 1. The van der Waals surface area contributed by atoms with E-state index in [9.17, 15) is 14.4 Å². The molecule has 0 spiro atoms. The fourth-order valence-corrected chi connectivity index (χ4v) is 3.20. The molecule has 2 atom stereocenters. The molecule has 0 fully saturated rings. The lowest BCUT2D eigenvalue weighted by atomic mass is 10.0. The van der Waals surface area contributed by atoms with Crippen molar-refractivity contribution in [3.8, 4) is 0 Å². The second kappa shape index (κ2) is 11.5. The molecule has 4 N–H and O–H groups in total. The average molecular weight is 457 g/mol. The van der Waals surface area contributed by atoms with E-state index in [0.717, 1.165) is 28.0 Å². The van der Waals surface area contributed by atoms with Crippen molar-refractivity contribution >= 4 is 34.8 Å². The topological polar surface area (TPSA) is 128 Å². The number of hydrogen-bond donors (Lipinski definition) is 3. The van der Waals surface area contributed by atoms with Gasteiger partial charge < -0.3 is 25.6 Å². The summed E-state index contributed by atoms with van der Waals surface area (Å²) >= 11 is 0. The summed E-state index contributed by atoms with van der Waals surface area (Å²) in [5, 5.41) is 13.6. The number of benzene rings is 2. The molecule has 2 aromatic carbocycles. The molecule has 2 unspecified atom stereocenters. The van der Waals surface area contributed by atoms with Crippen LogP contribution in [0.15, 0.2) is 42.5 Å². The van der Waals surface area contributed by atoms with Crippen molar-refractivity contribution in [1.82, 2.24) is 5.32 Å². The van der Waals surface area contributed by atoms with Crippen LogP contribution in [0.2, 0.25) is 0 Å². The fourth-order valence-electron chi connectivity index (χ4n) is 3.20. The Morgan fingerprint density at radius 3 is 2.45 bits per heavy atom. The van der Waals surface area contributed by atoms with Crippen molar-refractivity contribution < 1.29 is 29.0 Å². The van der Waals surface area contributed by atoms with Gasteiger partial charge >= 0.3 is 12.1 Å². The number of primary amides is 1. The summed E-state index contributed by atoms with van der Waals surface area (Å²) < 4.78 is 11.3. The minimum absolute atomic E-state index is 0.108. The van der Waals surface area contributed by atoms with Gasteiger partial charge in [0.25, 0.3) is 0 Å². The minimum Gasteiger partial charge on any atom is -0.478 e. The normalized spacial score (nSPS) is 13.6. The van der Waals surface area contributed by atoms with Crippen LogP contribution in [-0.2, 0) is 25.7 Å². The Hall–Kier alpha value is -3.39. The van der Waals surface area contributed by atoms with E-state index >= 15 is 0 Å². The van der Waals surface area contributed by atoms with Crippen molar-refractivity contribution in [2.45, 2.75) is 64.9 Å². The monoisotopic (exact) mass is 456 g/mol. The van der Waals surface area contributed by atoms with E-state index in [2.05, 4.69) is 5.32 Å². The van der Waals surface area contributed by atoms with Crippen LogP contribution < -0.4 is 11.1 Å². The van der Waals surface area contributed by atoms with Crippen LogP contribution >= 0.6 is 0 Å². The van der Waals surface area contributed by atoms with Crippen LogP contribution in [0, 0.1) is 0 Å². The van der Waals surface area contributed by atoms with E-state index in [1.165, 1.54) is 0 Å². The molecule has 2 aromatic rings. The van der Waals surface area contributed by atoms with Gasteiger partial charge in [0.15, 0.2) is 0 Å². The van der Waals surface area contributed by atoms with E-state index in [4.69, 9.17) is 20.3 Å². The summed E-state index contributed by atoms with van der Waals surface area (Å²) in [4.78, 5) is 34.2. The van der Waals surface area contributed by atoms with Gasteiger partial charge in [0, 0.05) is 12.5 Å². The number of carbonyl (C=O) groups excluding carboxylic acids is 2. The van der Waals surface area contributed by atoms with Gasteiger partial charge in [-0.25, -0.2) is 9.59 Å². The number of aliphatic carboxylic acids is 1. The van der Waals surface area contributed by atoms with Gasteiger partial charge in [-0.1, -0.05) is 24.3 Å². The van der Waals surface area contributed by atoms with Gasteiger partial charge in [0.1, 0.15) is 5.60 Å². The summed E-state index contributed by atoms with van der Waals surface area (Å²) in [7, 11) is 0. The van der Waals surface area contributed by atoms with E-state index in [1.807, 2.05) is 43.3 Å². The predicted octanol–water partition coefficient (Wildman–Crippen LogP) is 4.00. The van der Waals surface area contributed by atoms with Gasteiger partial charge in [-0.05, 0) is 74.2 Å². The zero-order valence-electron chi connectivity index (χ0n) is 19.5. The molecule has 33 heavy (non-hydrogen) atoms. The van der Waals surface area contributed by atoms with Crippen LogP contribution in [0.4, 0.5) is 4.79 Å². The van der Waals surface area contributed by atoms with Crippen molar-refractivity contribution in [3.63, 3.8) is 0 Å². The Morgan fingerprint density at radius 2 is 1.82 bits per heavy atom. The highest BCUT2D eigenvalue weighted by Crippen LogP contribution is 2.20. The highest BCUT2D eigenvalue weighted by atomic mass is 16.6. The minimum atomic E-state index is -1.00. The molecule has 2 amide bonds. The highest BCUT2D eigenvalue weighted by molar-refractivity contribution is 5.89. The van der Waals surface area contributed by atoms with Crippen molar-refractivity contribution in [3.05, 3.63) is 53.6 Å². The molecule has 8 heteroatoms. The molecule has 0 heterocycles. The second-order valence-corrected chi connectivity index (χ2v) is 8.89. The molecule has 0 bridgehead atoms. The molecule has 2 rings (SSSR count). The summed E-state index contributed by atoms with van der Waals surface area (Å²) in [6.45, 7) is 7.42. The number of nitrogens with one attached hydrogen (secondary N) is 1. The number of hydrogen-bond acceptors (Lipinski definition) is 5. The SMILES string of the molecule is CC(OCc1ccc2ccc(/C=C/C(=O)O)cc2c1)C(CCC(N)=O)NC(=O)OC(C)(C)C. The van der Waals surface area contributed by atoms with Gasteiger partial charge in [-0.15, -0.1) is 0 Å². The molecule has 0 saturated heterocycles. The number of amides is 2. The zero-order valence-corrected chi connectivity index (χ0v) is 19.5. The molecule has 0 saturated carbocycles. The van der Waals surface area contributed by atoms with Crippen molar-refractivity contribution in [1.29, 1.82) is 0 Å². The Kier molecular flexibility index (Phi) is 8.99. The molecule has 0 aromatic heterocycles. The molecule has 0 radical (unpaired) electrons. The average Bonchev–Trinajstić information content (AvgIpc) is 2.71. The van der Waals surface area contributed by atoms with Crippen molar-refractivity contribution in [2.24, 2.45) is 5.73 Å². The molecule has 178 valence electrons. The lowest BCUT2D eigenvalue weighted by Crippen LogP contribution is -2.45. The number of nitrogens with two attached hydrogens (primary N) is 1. The maximum absolute atomic E-state index is 12.2. The molecule has 0 aliphatic heterocycles. The standard InChI is InChI=1S/C25H32N2O6/c1-16(21(10-11-22(26)28)27-24(31)33-25(2,3)4)32-15-18-6-9-19-8-5-17(7-12-23(29)30)13-20(19)14-18/h5-9,12-14,16,21H,10-11,15H2,1-4H3,(H2,26,28)(H,27,31)(H,29,30)/b12-7+. The third kappa shape index (κ3) is 9.33. The number of fused-ring (bicyclic) bond motifs is 1. The fraction of sp³-hybridized carbons (Fsp3) is 0.400. The largest absolute Gasteiger partial charge is 0.478 e. The van der Waals surface area contributed by atoms with E-state index in [0.29, 0.717) is 6.42 Å². The lowest BCUT2D eigenvalue weighted by molar-refractivity contribution is -0.131. The summed E-state index contributed by atoms with van der Waals surface area (Å²) in [6, 6.07) is 11.1. The second-order valence-electron chi connectivity index (χ2n) is 8.89. The number of carbonyl (C=O) groups is 3. The number of rotatable bonds is 10. The van der Waals surface area contributed by atoms with Crippen molar-refractivity contribution in [2.75, 3.05) is 0 Å². The summed E-state index contributed by atoms with van der Waals surface area (Å²) in [5.41, 5.74) is 6.33. The zero-order chi connectivity index (χ0) is 24.6. The van der Waals surface area contributed by atoms with Gasteiger partial charge in [0.2, 0.25) is 5.91 Å². The molecule has 0 aliphatic rings. The lowest BCUT2D eigenvalue weighted by Gasteiger charge is -2.27. The number of carboxylic acids is 1. The molecule has 8 nitrogen and oxygen atoms in total. The van der Waals surface area contributed by atoms with Crippen LogP contribution in [0.1, 0.15) is 51.7 Å². The quantitative estimate of drug-likeness (QED) is 0.464. The first-order chi connectivity index (χ1) is 15.4. The predicted molar refractivity (Wildman–Crippen MR) is 126 cm³/mol. The maximum Gasteiger partial charge on any atom is 0.407 e. The molecular formula is C25H32N2O6. The highest BCUT2D eigenvalue weighted by Gasteiger charge is 2.24. The first kappa shape index (κ1) is 25.9.